The molecule has 0 spiro atoms. The lowest BCUT2D eigenvalue weighted by Gasteiger charge is -2.08. The van der Waals surface area contributed by atoms with Gasteiger partial charge in [-0.15, -0.1) is 0 Å². The number of esters is 1. The summed E-state index contributed by atoms with van der Waals surface area (Å²) < 4.78 is 39.4. The fourth-order valence-electron chi connectivity index (χ4n) is 2.74. The number of hydrogen-bond donors (Lipinski definition) is 1. The highest BCUT2D eigenvalue weighted by molar-refractivity contribution is 7.89. The molecule has 0 aliphatic carbocycles. The zero-order valence-corrected chi connectivity index (χ0v) is 16.6. The maximum Gasteiger partial charge on any atom is 0.411 e. The average Bonchev–Trinajstić information content (AvgIpc) is 2.99. The third-order valence-electron chi connectivity index (χ3n) is 3.86. The van der Waals surface area contributed by atoms with Gasteiger partial charge in [-0.25, -0.2) is 18.0 Å². The fraction of sp³-hybridized carbons (Fsp3) is 0.200. The van der Waals surface area contributed by atoms with Crippen LogP contribution in [0.5, 0.6) is 5.75 Å². The van der Waals surface area contributed by atoms with Gasteiger partial charge >= 0.3 is 12.1 Å². The quantitative estimate of drug-likeness (QED) is 0.480. The van der Waals surface area contributed by atoms with E-state index >= 15 is 0 Å². The van der Waals surface area contributed by atoms with Crippen molar-refractivity contribution >= 4 is 38.6 Å². The van der Waals surface area contributed by atoms with Crippen molar-refractivity contribution in [3.63, 3.8) is 0 Å². The van der Waals surface area contributed by atoms with Crippen LogP contribution in [0.4, 0.5) is 10.5 Å². The van der Waals surface area contributed by atoms with E-state index in [9.17, 15) is 18.0 Å². The molecule has 0 aliphatic rings. The van der Waals surface area contributed by atoms with E-state index in [0.717, 1.165) is 6.26 Å². The molecule has 0 saturated heterocycles. The monoisotopic (exact) mass is 417 g/mol. The second-order valence-corrected chi connectivity index (χ2v) is 8.38. The number of furan rings is 1. The summed E-state index contributed by atoms with van der Waals surface area (Å²) in [5, 5.41) is 3.04. The molecule has 152 valence electrons. The first kappa shape index (κ1) is 20.4. The summed E-state index contributed by atoms with van der Waals surface area (Å²) in [6, 6.07) is 12.9. The summed E-state index contributed by atoms with van der Waals surface area (Å²) >= 11 is 0. The van der Waals surface area contributed by atoms with Crippen LogP contribution < -0.4 is 10.1 Å². The summed E-state index contributed by atoms with van der Waals surface area (Å²) in [5.74, 6) is -1.23. The highest BCUT2D eigenvalue weighted by Gasteiger charge is 2.25. The molecule has 1 aromatic heterocycles. The molecule has 1 amide bonds. The summed E-state index contributed by atoms with van der Waals surface area (Å²) in [4.78, 5) is 24.2. The Hall–Kier alpha value is -3.33. The number of anilines is 1. The predicted octanol–water partition coefficient (Wildman–Crippen LogP) is 3.77. The van der Waals surface area contributed by atoms with Crippen LogP contribution in [0, 0.1) is 0 Å². The summed E-state index contributed by atoms with van der Waals surface area (Å²) in [6.45, 7) is 1.90. The molecule has 0 fully saturated rings. The number of benzene rings is 2. The molecule has 0 bridgehead atoms. The minimum absolute atomic E-state index is 0.148. The van der Waals surface area contributed by atoms with Gasteiger partial charge in [-0.05, 0) is 25.1 Å². The normalized spacial score (nSPS) is 11.2. The lowest BCUT2D eigenvalue weighted by molar-refractivity contribution is 0.0703. The average molecular weight is 417 g/mol. The number of rotatable bonds is 6. The molecule has 9 heteroatoms. The van der Waals surface area contributed by atoms with Crippen LogP contribution in [0.25, 0.3) is 11.0 Å². The van der Waals surface area contributed by atoms with Crippen LogP contribution in [0.3, 0.4) is 0 Å². The molecular formula is C20H19NO7S. The van der Waals surface area contributed by atoms with Crippen molar-refractivity contribution in [3.05, 3.63) is 59.9 Å². The first-order valence-corrected chi connectivity index (χ1v) is 10.8. The third kappa shape index (κ3) is 5.14. The number of nitrogens with one attached hydrogen (secondary N) is 1. The molecule has 0 atom stereocenters. The number of ether oxygens (including phenoxy) is 2. The van der Waals surface area contributed by atoms with Crippen LogP contribution in [0.2, 0.25) is 0 Å². The second kappa shape index (κ2) is 8.36. The highest BCUT2D eigenvalue weighted by Crippen LogP contribution is 2.29. The van der Waals surface area contributed by atoms with E-state index < -0.39 is 21.9 Å². The molecule has 0 aliphatic heterocycles. The van der Waals surface area contributed by atoms with Crippen LogP contribution >= 0.6 is 0 Å². The van der Waals surface area contributed by atoms with E-state index in [1.165, 1.54) is 12.1 Å². The van der Waals surface area contributed by atoms with Gasteiger partial charge in [0.25, 0.3) is 0 Å². The number of amides is 1. The van der Waals surface area contributed by atoms with Crippen molar-refractivity contribution in [3.8, 4) is 5.75 Å². The number of carbonyl (C=O) groups is 2. The Labute approximate surface area is 167 Å². The number of fused-ring (bicyclic) bond motifs is 1. The molecule has 3 rings (SSSR count). The zero-order chi connectivity index (χ0) is 21.0. The maximum atomic E-state index is 12.7. The molecule has 3 aromatic rings. The third-order valence-corrected chi connectivity index (χ3v) is 4.67. The Balaban J connectivity index is 1.89. The maximum absolute atomic E-state index is 12.7. The van der Waals surface area contributed by atoms with Gasteiger partial charge in [-0.2, -0.15) is 0 Å². The standard InChI is InChI=1S/C20H19NO7S/c1-3-26-20(23)21-13-7-6-8-14(11-13)27-19(22)18-16(12-29(2,24)25)15-9-4-5-10-17(15)28-18/h4-11H,3,12H2,1-2H3,(H,21,23). The summed E-state index contributed by atoms with van der Waals surface area (Å²) in [7, 11) is -3.42. The molecule has 0 radical (unpaired) electrons. The van der Waals surface area contributed by atoms with Crippen molar-refractivity contribution in [1.82, 2.24) is 0 Å². The van der Waals surface area contributed by atoms with Gasteiger partial charge in [0.05, 0.1) is 12.4 Å². The number of sulfone groups is 1. The van der Waals surface area contributed by atoms with Crippen molar-refractivity contribution in [1.29, 1.82) is 0 Å². The van der Waals surface area contributed by atoms with Gasteiger partial charge < -0.3 is 13.9 Å². The van der Waals surface area contributed by atoms with Crippen LogP contribution in [0.15, 0.2) is 52.9 Å². The topological polar surface area (TPSA) is 112 Å². The van der Waals surface area contributed by atoms with E-state index in [-0.39, 0.29) is 29.4 Å². The second-order valence-electron chi connectivity index (χ2n) is 6.24. The molecule has 1 N–H and O–H groups in total. The van der Waals surface area contributed by atoms with Gasteiger partial charge in [-0.3, -0.25) is 5.32 Å². The smallest absolute Gasteiger partial charge is 0.411 e. The lowest BCUT2D eigenvalue weighted by atomic mass is 10.1. The van der Waals surface area contributed by atoms with E-state index in [1.54, 1.807) is 43.3 Å². The van der Waals surface area contributed by atoms with Gasteiger partial charge in [0.15, 0.2) is 9.84 Å². The molecular weight excluding hydrogens is 398 g/mol. The Kier molecular flexibility index (Phi) is 5.88. The van der Waals surface area contributed by atoms with Gasteiger partial charge in [0, 0.05) is 29.0 Å². The largest absolute Gasteiger partial charge is 0.450 e. The minimum Gasteiger partial charge on any atom is -0.450 e. The van der Waals surface area contributed by atoms with E-state index in [1.807, 2.05) is 0 Å². The van der Waals surface area contributed by atoms with Crippen molar-refractivity contribution in [2.45, 2.75) is 12.7 Å². The van der Waals surface area contributed by atoms with Crippen molar-refractivity contribution in [2.75, 3.05) is 18.2 Å². The SMILES string of the molecule is CCOC(=O)Nc1cccc(OC(=O)c2oc3ccccc3c2CS(C)(=O)=O)c1. The minimum atomic E-state index is -3.42. The van der Waals surface area contributed by atoms with E-state index in [4.69, 9.17) is 13.9 Å². The Morgan fingerprint density at radius 1 is 1.10 bits per heavy atom. The van der Waals surface area contributed by atoms with Crippen LogP contribution in [0.1, 0.15) is 23.0 Å². The number of hydrogen-bond acceptors (Lipinski definition) is 7. The lowest BCUT2D eigenvalue weighted by Crippen LogP contribution is -2.14. The molecule has 1 heterocycles. The number of para-hydroxylation sites is 1. The first-order valence-electron chi connectivity index (χ1n) is 8.71. The molecule has 2 aromatic carbocycles. The highest BCUT2D eigenvalue weighted by atomic mass is 32.2. The van der Waals surface area contributed by atoms with E-state index in [2.05, 4.69) is 5.32 Å². The van der Waals surface area contributed by atoms with Crippen molar-refractivity contribution < 1.29 is 31.9 Å². The summed E-state index contributed by atoms with van der Waals surface area (Å²) in [5.41, 5.74) is 0.999. The van der Waals surface area contributed by atoms with Crippen molar-refractivity contribution in [2.24, 2.45) is 0 Å². The molecule has 0 unspecified atom stereocenters. The Morgan fingerprint density at radius 3 is 2.59 bits per heavy atom. The van der Waals surface area contributed by atoms with E-state index in [0.29, 0.717) is 16.7 Å². The van der Waals surface area contributed by atoms with Gasteiger partial charge in [0.2, 0.25) is 5.76 Å². The van der Waals surface area contributed by atoms with Crippen LogP contribution in [-0.4, -0.2) is 33.3 Å². The van der Waals surface area contributed by atoms with Crippen LogP contribution in [-0.2, 0) is 20.3 Å². The summed E-state index contributed by atoms with van der Waals surface area (Å²) in [6.07, 6.45) is 0.442. The molecule has 29 heavy (non-hydrogen) atoms. The van der Waals surface area contributed by atoms with Gasteiger partial charge in [-0.1, -0.05) is 24.3 Å². The Morgan fingerprint density at radius 2 is 1.86 bits per heavy atom. The Bertz CT molecular complexity index is 1160. The first-order chi connectivity index (χ1) is 13.8. The predicted molar refractivity (Wildman–Crippen MR) is 107 cm³/mol. The zero-order valence-electron chi connectivity index (χ0n) is 15.8. The number of carbonyl (C=O) groups excluding carboxylic acids is 2. The van der Waals surface area contributed by atoms with Gasteiger partial charge in [0.1, 0.15) is 11.3 Å². The molecule has 0 saturated carbocycles. The fourth-order valence-corrected chi connectivity index (χ4v) is 3.56. The molecule has 8 nitrogen and oxygen atoms in total.